The lowest BCUT2D eigenvalue weighted by Gasteiger charge is -2.28. The molecule has 98 valence electrons. The van der Waals surface area contributed by atoms with Gasteiger partial charge in [-0.15, -0.1) is 0 Å². The summed E-state index contributed by atoms with van der Waals surface area (Å²) in [6.07, 6.45) is 1.92. The predicted octanol–water partition coefficient (Wildman–Crippen LogP) is 1.83. The Balaban J connectivity index is 1.90. The molecule has 2 unspecified atom stereocenters. The Bertz CT molecular complexity index is 422. The molecule has 0 aliphatic carbocycles. The van der Waals surface area contributed by atoms with E-state index in [2.05, 4.69) is 10.6 Å². The fraction of sp³-hybridized carbons (Fsp3) is 0.500. The molecule has 0 radical (unpaired) electrons. The highest BCUT2D eigenvalue weighted by atomic mass is 19.1. The van der Waals surface area contributed by atoms with Gasteiger partial charge in [0.25, 0.3) is 0 Å². The van der Waals surface area contributed by atoms with Crippen LogP contribution in [0.3, 0.4) is 0 Å². The quantitative estimate of drug-likeness (QED) is 0.859. The van der Waals surface area contributed by atoms with Gasteiger partial charge in [0.1, 0.15) is 5.82 Å². The van der Waals surface area contributed by atoms with E-state index in [4.69, 9.17) is 0 Å². The molecule has 18 heavy (non-hydrogen) atoms. The van der Waals surface area contributed by atoms with E-state index in [1.54, 1.807) is 18.2 Å². The Morgan fingerprint density at radius 2 is 2.28 bits per heavy atom. The number of amides is 1. The zero-order chi connectivity index (χ0) is 13.0. The first-order valence-electron chi connectivity index (χ1n) is 6.43. The van der Waals surface area contributed by atoms with Crippen molar-refractivity contribution in [2.75, 3.05) is 6.54 Å². The Hall–Kier alpha value is -1.42. The van der Waals surface area contributed by atoms with Gasteiger partial charge in [0, 0.05) is 18.2 Å². The van der Waals surface area contributed by atoms with Crippen LogP contribution in [0.4, 0.5) is 4.39 Å². The first-order valence-corrected chi connectivity index (χ1v) is 6.43. The minimum atomic E-state index is -0.271. The smallest absolute Gasteiger partial charge is 0.224 e. The van der Waals surface area contributed by atoms with E-state index in [0.29, 0.717) is 5.56 Å². The Labute approximate surface area is 107 Å². The third-order valence-electron chi connectivity index (χ3n) is 3.51. The predicted molar refractivity (Wildman–Crippen MR) is 68.4 cm³/mol. The Morgan fingerprint density at radius 1 is 1.50 bits per heavy atom. The second-order valence-corrected chi connectivity index (χ2v) is 4.80. The molecule has 1 aliphatic rings. The van der Waals surface area contributed by atoms with Crippen molar-refractivity contribution in [3.63, 3.8) is 0 Å². The summed E-state index contributed by atoms with van der Waals surface area (Å²) in [6.45, 7) is 3.25. The first-order chi connectivity index (χ1) is 8.68. The molecule has 1 aliphatic heterocycles. The summed E-state index contributed by atoms with van der Waals surface area (Å²) < 4.78 is 13.4. The third kappa shape index (κ3) is 3.07. The molecule has 2 rings (SSSR count). The topological polar surface area (TPSA) is 41.1 Å². The van der Waals surface area contributed by atoms with Gasteiger partial charge in [0.15, 0.2) is 0 Å². The lowest BCUT2D eigenvalue weighted by atomic mass is 9.91. The van der Waals surface area contributed by atoms with Gasteiger partial charge < -0.3 is 10.6 Å². The number of nitrogens with one attached hydrogen (secondary N) is 2. The fourth-order valence-electron chi connectivity index (χ4n) is 2.36. The van der Waals surface area contributed by atoms with Crippen molar-refractivity contribution in [3.05, 3.63) is 35.6 Å². The molecule has 1 amide bonds. The lowest BCUT2D eigenvalue weighted by molar-refractivity contribution is -0.126. The number of benzene rings is 1. The molecule has 0 saturated carbocycles. The maximum atomic E-state index is 13.4. The molecule has 0 spiro atoms. The third-order valence-corrected chi connectivity index (χ3v) is 3.51. The SMILES string of the molecule is CC1NCCCC1C(=O)NCc1ccccc1F. The maximum absolute atomic E-state index is 13.4. The summed E-state index contributed by atoms with van der Waals surface area (Å²) in [5, 5.41) is 6.11. The normalized spacial score (nSPS) is 23.7. The average Bonchev–Trinajstić information content (AvgIpc) is 2.38. The van der Waals surface area contributed by atoms with Gasteiger partial charge in [-0.25, -0.2) is 4.39 Å². The number of carbonyl (C=O) groups excluding carboxylic acids is 1. The van der Waals surface area contributed by atoms with E-state index in [0.717, 1.165) is 19.4 Å². The van der Waals surface area contributed by atoms with Crippen LogP contribution in [0, 0.1) is 11.7 Å². The molecule has 1 aromatic rings. The van der Waals surface area contributed by atoms with Crippen LogP contribution < -0.4 is 10.6 Å². The zero-order valence-electron chi connectivity index (χ0n) is 10.6. The van der Waals surface area contributed by atoms with Gasteiger partial charge in [0.2, 0.25) is 5.91 Å². The molecule has 3 nitrogen and oxygen atoms in total. The van der Waals surface area contributed by atoms with Crippen molar-refractivity contribution in [1.82, 2.24) is 10.6 Å². The molecule has 1 heterocycles. The van der Waals surface area contributed by atoms with Crippen LogP contribution in [0.2, 0.25) is 0 Å². The minimum Gasteiger partial charge on any atom is -0.352 e. The molecule has 1 saturated heterocycles. The number of piperidine rings is 1. The summed E-state index contributed by atoms with van der Waals surface area (Å²) in [5.41, 5.74) is 0.530. The van der Waals surface area contributed by atoms with Gasteiger partial charge in [-0.2, -0.15) is 0 Å². The van der Waals surface area contributed by atoms with Crippen molar-refractivity contribution >= 4 is 5.91 Å². The van der Waals surface area contributed by atoms with Crippen LogP contribution in [0.5, 0.6) is 0 Å². The van der Waals surface area contributed by atoms with E-state index < -0.39 is 0 Å². The van der Waals surface area contributed by atoms with Crippen LogP contribution in [0.1, 0.15) is 25.3 Å². The first kappa shape index (κ1) is 13.0. The fourth-order valence-corrected chi connectivity index (χ4v) is 2.36. The van der Waals surface area contributed by atoms with Gasteiger partial charge in [-0.05, 0) is 32.4 Å². The molecular formula is C14H19FN2O. The number of rotatable bonds is 3. The van der Waals surface area contributed by atoms with E-state index in [1.807, 2.05) is 6.92 Å². The van der Waals surface area contributed by atoms with Gasteiger partial charge in [0.05, 0.1) is 5.92 Å². The zero-order valence-corrected chi connectivity index (χ0v) is 10.6. The molecule has 2 N–H and O–H groups in total. The minimum absolute atomic E-state index is 0.00877. The summed E-state index contributed by atoms with van der Waals surface area (Å²) in [5.74, 6) is -0.268. The van der Waals surface area contributed by atoms with Crippen LogP contribution in [0.25, 0.3) is 0 Å². The Morgan fingerprint density at radius 3 is 3.00 bits per heavy atom. The molecule has 2 atom stereocenters. The summed E-state index contributed by atoms with van der Waals surface area (Å²) in [4.78, 5) is 12.0. The highest BCUT2D eigenvalue weighted by molar-refractivity contribution is 5.79. The molecule has 1 fully saturated rings. The molecule has 0 bridgehead atoms. The van der Waals surface area contributed by atoms with Gasteiger partial charge in [-0.1, -0.05) is 18.2 Å². The number of carbonyl (C=O) groups is 1. The van der Waals surface area contributed by atoms with Gasteiger partial charge >= 0.3 is 0 Å². The molecule has 4 heteroatoms. The lowest BCUT2D eigenvalue weighted by Crippen LogP contribution is -2.46. The highest BCUT2D eigenvalue weighted by Crippen LogP contribution is 2.16. The van der Waals surface area contributed by atoms with Crippen molar-refractivity contribution in [2.24, 2.45) is 5.92 Å². The van der Waals surface area contributed by atoms with Crippen LogP contribution in [-0.4, -0.2) is 18.5 Å². The monoisotopic (exact) mass is 250 g/mol. The summed E-state index contributed by atoms with van der Waals surface area (Å²) in [6, 6.07) is 6.72. The van der Waals surface area contributed by atoms with E-state index in [-0.39, 0.29) is 30.2 Å². The van der Waals surface area contributed by atoms with Crippen molar-refractivity contribution in [3.8, 4) is 0 Å². The number of hydrogen-bond donors (Lipinski definition) is 2. The second-order valence-electron chi connectivity index (χ2n) is 4.80. The second kappa shape index (κ2) is 5.96. The highest BCUT2D eigenvalue weighted by Gasteiger charge is 2.27. The standard InChI is InChI=1S/C14H19FN2O/c1-10-12(6-4-8-16-10)14(18)17-9-11-5-2-3-7-13(11)15/h2-3,5,7,10,12,16H,4,6,8-9H2,1H3,(H,17,18). The van der Waals surface area contributed by atoms with Crippen molar-refractivity contribution < 1.29 is 9.18 Å². The van der Waals surface area contributed by atoms with Crippen molar-refractivity contribution in [1.29, 1.82) is 0 Å². The molecule has 0 aromatic heterocycles. The van der Waals surface area contributed by atoms with Crippen LogP contribution >= 0.6 is 0 Å². The van der Waals surface area contributed by atoms with E-state index in [1.165, 1.54) is 6.07 Å². The summed E-state index contributed by atoms with van der Waals surface area (Å²) in [7, 11) is 0. The molecular weight excluding hydrogens is 231 g/mol. The molecule has 1 aromatic carbocycles. The van der Waals surface area contributed by atoms with Gasteiger partial charge in [-0.3, -0.25) is 4.79 Å². The average molecular weight is 250 g/mol. The van der Waals surface area contributed by atoms with Crippen molar-refractivity contribution in [2.45, 2.75) is 32.4 Å². The Kier molecular flexibility index (Phi) is 4.31. The largest absolute Gasteiger partial charge is 0.352 e. The van der Waals surface area contributed by atoms with E-state index >= 15 is 0 Å². The van der Waals surface area contributed by atoms with Crippen LogP contribution in [-0.2, 0) is 11.3 Å². The van der Waals surface area contributed by atoms with E-state index in [9.17, 15) is 9.18 Å². The number of hydrogen-bond acceptors (Lipinski definition) is 2. The summed E-state index contributed by atoms with van der Waals surface area (Å²) >= 11 is 0. The maximum Gasteiger partial charge on any atom is 0.224 e. The van der Waals surface area contributed by atoms with Crippen LogP contribution in [0.15, 0.2) is 24.3 Å². The number of halogens is 1.